The van der Waals surface area contributed by atoms with Crippen molar-refractivity contribution in [1.82, 2.24) is 4.90 Å². The largest absolute Gasteiger partial charge is 0.396 e. The van der Waals surface area contributed by atoms with Crippen LogP contribution in [0.5, 0.6) is 0 Å². The van der Waals surface area contributed by atoms with Gasteiger partial charge in [-0.3, -0.25) is 4.90 Å². The van der Waals surface area contributed by atoms with Crippen LogP contribution in [-0.4, -0.2) is 35.2 Å². The van der Waals surface area contributed by atoms with Crippen LogP contribution < -0.4 is 0 Å². The molecule has 0 amide bonds. The summed E-state index contributed by atoms with van der Waals surface area (Å²) in [6.07, 6.45) is 3.59. The highest BCUT2D eigenvalue weighted by atomic mass is 16.3. The van der Waals surface area contributed by atoms with Crippen LogP contribution in [0.1, 0.15) is 47.0 Å². The first-order chi connectivity index (χ1) is 6.95. The number of piperidine rings is 1. The molecule has 15 heavy (non-hydrogen) atoms. The normalized spacial score (nSPS) is 27.2. The summed E-state index contributed by atoms with van der Waals surface area (Å²) in [5, 5.41) is 9.21. The summed E-state index contributed by atoms with van der Waals surface area (Å²) in [4.78, 5) is 2.60. The number of aliphatic hydroxyl groups excluding tert-OH is 1. The Kier molecular flexibility index (Phi) is 4.60. The van der Waals surface area contributed by atoms with E-state index in [2.05, 4.69) is 32.6 Å². The molecule has 0 bridgehead atoms. The van der Waals surface area contributed by atoms with Gasteiger partial charge >= 0.3 is 0 Å². The Labute approximate surface area is 94.7 Å². The summed E-state index contributed by atoms with van der Waals surface area (Å²) in [5.74, 6) is 1.31. The maximum Gasteiger partial charge on any atom is 0.0460 e. The van der Waals surface area contributed by atoms with E-state index >= 15 is 0 Å². The summed E-state index contributed by atoms with van der Waals surface area (Å²) >= 11 is 0. The van der Waals surface area contributed by atoms with Crippen LogP contribution in [0.25, 0.3) is 0 Å². The van der Waals surface area contributed by atoms with Gasteiger partial charge in [0, 0.05) is 12.1 Å². The molecular weight excluding hydrogens is 186 g/mol. The second-order valence-corrected chi connectivity index (χ2v) is 6.02. The SMILES string of the molecule is CC(C)CCN1CCC(CO)CC1(C)C. The molecule has 0 aliphatic carbocycles. The van der Waals surface area contributed by atoms with Crippen molar-refractivity contribution < 1.29 is 5.11 Å². The van der Waals surface area contributed by atoms with Crippen LogP contribution in [0.3, 0.4) is 0 Å². The first-order valence-electron chi connectivity index (χ1n) is 6.31. The molecule has 0 radical (unpaired) electrons. The molecule has 1 unspecified atom stereocenters. The topological polar surface area (TPSA) is 23.5 Å². The standard InChI is InChI=1S/C13H27NO/c1-11(2)5-7-14-8-6-12(10-15)9-13(14,3)4/h11-12,15H,5-10H2,1-4H3. The fourth-order valence-corrected chi connectivity index (χ4v) is 2.56. The van der Waals surface area contributed by atoms with Gasteiger partial charge in [0.05, 0.1) is 0 Å². The van der Waals surface area contributed by atoms with Crippen molar-refractivity contribution in [3.63, 3.8) is 0 Å². The van der Waals surface area contributed by atoms with E-state index in [4.69, 9.17) is 0 Å². The molecule has 2 nitrogen and oxygen atoms in total. The zero-order chi connectivity index (χ0) is 11.5. The highest BCUT2D eigenvalue weighted by Crippen LogP contribution is 2.31. The molecule has 2 heteroatoms. The third-order valence-corrected chi connectivity index (χ3v) is 3.69. The van der Waals surface area contributed by atoms with E-state index in [1.165, 1.54) is 13.0 Å². The van der Waals surface area contributed by atoms with Crippen LogP contribution in [0.2, 0.25) is 0 Å². The molecule has 90 valence electrons. The van der Waals surface area contributed by atoms with Crippen LogP contribution >= 0.6 is 0 Å². The number of likely N-dealkylation sites (tertiary alicyclic amines) is 1. The Morgan fingerprint density at radius 1 is 1.40 bits per heavy atom. The minimum absolute atomic E-state index is 0.278. The highest BCUT2D eigenvalue weighted by Gasteiger charge is 2.33. The fraction of sp³-hybridized carbons (Fsp3) is 1.00. The van der Waals surface area contributed by atoms with E-state index in [0.29, 0.717) is 12.5 Å². The first kappa shape index (κ1) is 13.0. The minimum Gasteiger partial charge on any atom is -0.396 e. The van der Waals surface area contributed by atoms with Crippen molar-refractivity contribution in [2.24, 2.45) is 11.8 Å². The van der Waals surface area contributed by atoms with Crippen molar-refractivity contribution in [2.75, 3.05) is 19.7 Å². The van der Waals surface area contributed by atoms with E-state index in [1.807, 2.05) is 0 Å². The number of aliphatic hydroxyl groups is 1. The maximum atomic E-state index is 9.21. The van der Waals surface area contributed by atoms with Crippen molar-refractivity contribution in [3.05, 3.63) is 0 Å². The van der Waals surface area contributed by atoms with Crippen molar-refractivity contribution in [1.29, 1.82) is 0 Å². The number of hydrogen-bond acceptors (Lipinski definition) is 2. The van der Waals surface area contributed by atoms with Crippen LogP contribution in [0.4, 0.5) is 0 Å². The molecule has 1 aliphatic rings. The Balaban J connectivity index is 2.45. The zero-order valence-electron chi connectivity index (χ0n) is 10.8. The van der Waals surface area contributed by atoms with E-state index in [1.54, 1.807) is 0 Å². The second-order valence-electron chi connectivity index (χ2n) is 6.02. The molecule has 0 aromatic rings. The third kappa shape index (κ3) is 3.76. The number of rotatable bonds is 4. The second kappa shape index (κ2) is 5.31. The number of hydrogen-bond donors (Lipinski definition) is 1. The van der Waals surface area contributed by atoms with E-state index < -0.39 is 0 Å². The fourth-order valence-electron chi connectivity index (χ4n) is 2.56. The minimum atomic E-state index is 0.278. The van der Waals surface area contributed by atoms with Gasteiger partial charge < -0.3 is 5.11 Å². The molecule has 1 rings (SSSR count). The van der Waals surface area contributed by atoms with Gasteiger partial charge in [-0.05, 0) is 58.0 Å². The maximum absolute atomic E-state index is 9.21. The number of nitrogens with zero attached hydrogens (tertiary/aromatic N) is 1. The van der Waals surface area contributed by atoms with Crippen LogP contribution in [0.15, 0.2) is 0 Å². The van der Waals surface area contributed by atoms with E-state index in [9.17, 15) is 5.11 Å². The lowest BCUT2D eigenvalue weighted by Crippen LogP contribution is -2.51. The third-order valence-electron chi connectivity index (χ3n) is 3.69. The highest BCUT2D eigenvalue weighted by molar-refractivity contribution is 4.89. The Morgan fingerprint density at radius 3 is 2.53 bits per heavy atom. The molecule has 0 saturated carbocycles. The van der Waals surface area contributed by atoms with Crippen LogP contribution in [-0.2, 0) is 0 Å². The van der Waals surface area contributed by atoms with E-state index in [0.717, 1.165) is 25.3 Å². The molecule has 1 saturated heterocycles. The summed E-state index contributed by atoms with van der Waals surface area (Å²) in [5.41, 5.74) is 0.278. The molecule has 1 heterocycles. The van der Waals surface area contributed by atoms with Crippen molar-refractivity contribution in [3.8, 4) is 0 Å². The van der Waals surface area contributed by atoms with Crippen LogP contribution in [0, 0.1) is 11.8 Å². The molecule has 1 N–H and O–H groups in total. The molecule has 0 spiro atoms. The first-order valence-corrected chi connectivity index (χ1v) is 6.31. The molecule has 1 aliphatic heterocycles. The van der Waals surface area contributed by atoms with Gasteiger partial charge in [0.15, 0.2) is 0 Å². The van der Waals surface area contributed by atoms with Crippen molar-refractivity contribution >= 4 is 0 Å². The molecule has 1 fully saturated rings. The van der Waals surface area contributed by atoms with Gasteiger partial charge in [0.2, 0.25) is 0 Å². The van der Waals surface area contributed by atoms with Gasteiger partial charge in [-0.2, -0.15) is 0 Å². The molecule has 0 aromatic carbocycles. The van der Waals surface area contributed by atoms with E-state index in [-0.39, 0.29) is 5.54 Å². The van der Waals surface area contributed by atoms with Gasteiger partial charge in [-0.1, -0.05) is 13.8 Å². The lowest BCUT2D eigenvalue weighted by atomic mass is 9.83. The summed E-state index contributed by atoms with van der Waals surface area (Å²) in [7, 11) is 0. The average molecular weight is 213 g/mol. The summed E-state index contributed by atoms with van der Waals surface area (Å²) in [6.45, 7) is 11.9. The van der Waals surface area contributed by atoms with Crippen molar-refractivity contribution in [2.45, 2.75) is 52.5 Å². The monoisotopic (exact) mass is 213 g/mol. The summed E-state index contributed by atoms with van der Waals surface area (Å²) < 4.78 is 0. The predicted octanol–water partition coefficient (Wildman–Crippen LogP) is 2.52. The van der Waals surface area contributed by atoms with Gasteiger partial charge in [0.1, 0.15) is 0 Å². The molecular formula is C13H27NO. The average Bonchev–Trinajstić information content (AvgIpc) is 2.14. The van der Waals surface area contributed by atoms with Gasteiger partial charge in [0.25, 0.3) is 0 Å². The smallest absolute Gasteiger partial charge is 0.0460 e. The Hall–Kier alpha value is -0.0800. The lowest BCUT2D eigenvalue weighted by molar-refractivity contribution is 0.0247. The lowest BCUT2D eigenvalue weighted by Gasteiger charge is -2.45. The van der Waals surface area contributed by atoms with Gasteiger partial charge in [-0.15, -0.1) is 0 Å². The molecule has 1 atom stereocenters. The Bertz CT molecular complexity index is 189. The Morgan fingerprint density at radius 2 is 2.07 bits per heavy atom. The predicted molar refractivity (Wildman–Crippen MR) is 64.9 cm³/mol. The summed E-state index contributed by atoms with van der Waals surface area (Å²) in [6, 6.07) is 0. The quantitative estimate of drug-likeness (QED) is 0.775. The zero-order valence-corrected chi connectivity index (χ0v) is 10.8. The molecule has 0 aromatic heterocycles. The van der Waals surface area contributed by atoms with Gasteiger partial charge in [-0.25, -0.2) is 0 Å².